The molecule has 0 unspecified atom stereocenters. The second-order valence-corrected chi connectivity index (χ2v) is 4.69. The summed E-state index contributed by atoms with van der Waals surface area (Å²) in [5.41, 5.74) is -1.30. The lowest BCUT2D eigenvalue weighted by Crippen LogP contribution is -2.46. The second-order valence-electron chi connectivity index (χ2n) is 4.69. The molecule has 1 heterocycles. The molecule has 1 aliphatic heterocycles. The Labute approximate surface area is 113 Å². The molecule has 0 amide bonds. The standard InChI is InChI=1S/C13H15F5N2/c14-8-12(20-5-3-19-4-6-20)10-7-9(15)1-2-11(10)13(16,17)18/h1-2,7,12,19H,3-6,8H2/t12-/m0/s1. The SMILES string of the molecule is FC[C@@H](c1cc(F)ccc1C(F)(F)F)N1CCNCC1. The zero-order valence-electron chi connectivity index (χ0n) is 10.7. The molecule has 0 saturated carbocycles. The van der Waals surface area contributed by atoms with Crippen LogP contribution in [0, 0.1) is 5.82 Å². The fraction of sp³-hybridized carbons (Fsp3) is 0.538. The summed E-state index contributed by atoms with van der Waals surface area (Å²) in [6, 6.07) is 1.15. The summed E-state index contributed by atoms with van der Waals surface area (Å²) >= 11 is 0. The van der Waals surface area contributed by atoms with E-state index in [0.29, 0.717) is 32.2 Å². The first-order valence-corrected chi connectivity index (χ1v) is 6.31. The van der Waals surface area contributed by atoms with Gasteiger partial charge in [0, 0.05) is 26.2 Å². The fourth-order valence-electron chi connectivity index (χ4n) is 2.44. The topological polar surface area (TPSA) is 15.3 Å². The molecule has 1 saturated heterocycles. The van der Waals surface area contributed by atoms with E-state index in [4.69, 9.17) is 0 Å². The Morgan fingerprint density at radius 1 is 1.20 bits per heavy atom. The largest absolute Gasteiger partial charge is 0.416 e. The van der Waals surface area contributed by atoms with Crippen molar-refractivity contribution < 1.29 is 22.0 Å². The molecule has 7 heteroatoms. The molecule has 1 aromatic carbocycles. The van der Waals surface area contributed by atoms with E-state index in [1.54, 1.807) is 4.90 Å². The van der Waals surface area contributed by atoms with Gasteiger partial charge in [-0.1, -0.05) is 0 Å². The van der Waals surface area contributed by atoms with Gasteiger partial charge in [0.2, 0.25) is 0 Å². The van der Waals surface area contributed by atoms with Crippen molar-refractivity contribution in [2.75, 3.05) is 32.9 Å². The van der Waals surface area contributed by atoms with Gasteiger partial charge in [-0.2, -0.15) is 13.2 Å². The van der Waals surface area contributed by atoms with E-state index >= 15 is 0 Å². The molecule has 0 spiro atoms. The van der Waals surface area contributed by atoms with Gasteiger partial charge in [-0.3, -0.25) is 4.90 Å². The quantitative estimate of drug-likeness (QED) is 0.862. The molecular formula is C13H15F5N2. The normalized spacial score (nSPS) is 19.1. The molecule has 2 nitrogen and oxygen atoms in total. The lowest BCUT2D eigenvalue weighted by Gasteiger charge is -2.34. The summed E-state index contributed by atoms with van der Waals surface area (Å²) in [4.78, 5) is 1.61. The number of benzene rings is 1. The molecule has 1 aliphatic rings. The van der Waals surface area contributed by atoms with Crippen LogP contribution in [0.5, 0.6) is 0 Å². The van der Waals surface area contributed by atoms with Crippen LogP contribution in [0.3, 0.4) is 0 Å². The van der Waals surface area contributed by atoms with Crippen LogP contribution in [0.25, 0.3) is 0 Å². The van der Waals surface area contributed by atoms with E-state index in [1.807, 2.05) is 0 Å². The summed E-state index contributed by atoms with van der Waals surface area (Å²) < 4.78 is 65.5. The number of piperazine rings is 1. The van der Waals surface area contributed by atoms with Gasteiger partial charge in [0.15, 0.2) is 0 Å². The lowest BCUT2D eigenvalue weighted by molar-refractivity contribution is -0.138. The smallest absolute Gasteiger partial charge is 0.314 e. The van der Waals surface area contributed by atoms with Crippen LogP contribution in [-0.2, 0) is 6.18 Å². The number of nitrogens with one attached hydrogen (secondary N) is 1. The number of rotatable bonds is 3. The van der Waals surface area contributed by atoms with Crippen molar-refractivity contribution >= 4 is 0 Å². The van der Waals surface area contributed by atoms with Crippen LogP contribution in [0.4, 0.5) is 22.0 Å². The van der Waals surface area contributed by atoms with E-state index in [2.05, 4.69) is 5.32 Å². The predicted octanol–water partition coefficient (Wildman–Crippen LogP) is 2.76. The second kappa shape index (κ2) is 6.05. The Balaban J connectivity index is 2.39. The highest BCUT2D eigenvalue weighted by atomic mass is 19.4. The summed E-state index contributed by atoms with van der Waals surface area (Å²) in [6.45, 7) is 1.04. The van der Waals surface area contributed by atoms with Crippen LogP contribution in [0.2, 0.25) is 0 Å². The number of hydrogen-bond acceptors (Lipinski definition) is 2. The Morgan fingerprint density at radius 3 is 2.40 bits per heavy atom. The molecule has 20 heavy (non-hydrogen) atoms. The van der Waals surface area contributed by atoms with E-state index in [-0.39, 0.29) is 5.56 Å². The summed E-state index contributed by atoms with van der Waals surface area (Å²) in [5.74, 6) is -0.790. The molecule has 0 aliphatic carbocycles. The minimum absolute atomic E-state index is 0.332. The Hall–Kier alpha value is -1.21. The first-order valence-electron chi connectivity index (χ1n) is 6.31. The van der Waals surface area contributed by atoms with Crippen LogP contribution in [-0.4, -0.2) is 37.8 Å². The monoisotopic (exact) mass is 294 g/mol. The number of nitrogens with zero attached hydrogens (tertiary/aromatic N) is 1. The average molecular weight is 294 g/mol. The number of halogens is 5. The minimum atomic E-state index is -4.62. The molecule has 112 valence electrons. The predicted molar refractivity (Wildman–Crippen MR) is 64.6 cm³/mol. The first kappa shape index (κ1) is 15.2. The van der Waals surface area contributed by atoms with Gasteiger partial charge in [-0.05, 0) is 23.8 Å². The van der Waals surface area contributed by atoms with E-state index < -0.39 is 30.3 Å². The van der Waals surface area contributed by atoms with Gasteiger partial charge in [-0.25, -0.2) is 8.78 Å². The maximum absolute atomic E-state index is 13.3. The maximum atomic E-state index is 13.3. The van der Waals surface area contributed by atoms with Crippen molar-refractivity contribution in [1.82, 2.24) is 10.2 Å². The van der Waals surface area contributed by atoms with Gasteiger partial charge in [0.1, 0.15) is 12.5 Å². The highest BCUT2D eigenvalue weighted by Crippen LogP contribution is 2.37. The Kier molecular flexibility index (Phi) is 4.59. The maximum Gasteiger partial charge on any atom is 0.416 e. The molecule has 0 radical (unpaired) electrons. The molecule has 0 aromatic heterocycles. The van der Waals surface area contributed by atoms with Gasteiger partial charge in [0.25, 0.3) is 0 Å². The summed E-state index contributed by atoms with van der Waals surface area (Å²) in [5, 5.41) is 3.04. The molecular weight excluding hydrogens is 279 g/mol. The van der Waals surface area contributed by atoms with Crippen molar-refractivity contribution in [1.29, 1.82) is 0 Å². The van der Waals surface area contributed by atoms with Crippen LogP contribution >= 0.6 is 0 Å². The third-order valence-electron chi connectivity index (χ3n) is 3.42. The van der Waals surface area contributed by atoms with Crippen LogP contribution in [0.1, 0.15) is 17.2 Å². The number of hydrogen-bond donors (Lipinski definition) is 1. The number of alkyl halides is 4. The average Bonchev–Trinajstić information content (AvgIpc) is 2.39. The zero-order valence-corrected chi connectivity index (χ0v) is 10.7. The highest BCUT2D eigenvalue weighted by molar-refractivity contribution is 5.33. The lowest BCUT2D eigenvalue weighted by atomic mass is 9.98. The highest BCUT2D eigenvalue weighted by Gasteiger charge is 2.37. The van der Waals surface area contributed by atoms with Gasteiger partial charge >= 0.3 is 6.18 Å². The zero-order chi connectivity index (χ0) is 14.8. The fourth-order valence-corrected chi connectivity index (χ4v) is 2.44. The summed E-state index contributed by atoms with van der Waals surface area (Å²) in [7, 11) is 0. The summed E-state index contributed by atoms with van der Waals surface area (Å²) in [6.07, 6.45) is -4.62. The van der Waals surface area contributed by atoms with Crippen molar-refractivity contribution in [2.24, 2.45) is 0 Å². The van der Waals surface area contributed by atoms with Crippen molar-refractivity contribution in [2.45, 2.75) is 12.2 Å². The molecule has 1 fully saturated rings. The van der Waals surface area contributed by atoms with Gasteiger partial charge < -0.3 is 5.32 Å². The van der Waals surface area contributed by atoms with E-state index in [1.165, 1.54) is 0 Å². The van der Waals surface area contributed by atoms with Crippen molar-refractivity contribution in [3.63, 3.8) is 0 Å². The third kappa shape index (κ3) is 3.27. The van der Waals surface area contributed by atoms with Crippen LogP contribution < -0.4 is 5.32 Å². The van der Waals surface area contributed by atoms with E-state index in [0.717, 1.165) is 12.1 Å². The van der Waals surface area contributed by atoms with Crippen LogP contribution in [0.15, 0.2) is 18.2 Å². The Bertz CT molecular complexity index is 455. The Morgan fingerprint density at radius 2 is 1.85 bits per heavy atom. The van der Waals surface area contributed by atoms with Crippen molar-refractivity contribution in [3.05, 3.63) is 35.1 Å². The van der Waals surface area contributed by atoms with Gasteiger partial charge in [0.05, 0.1) is 11.6 Å². The molecule has 0 bridgehead atoms. The molecule has 1 N–H and O–H groups in total. The minimum Gasteiger partial charge on any atom is -0.314 e. The molecule has 1 atom stereocenters. The third-order valence-corrected chi connectivity index (χ3v) is 3.42. The first-order chi connectivity index (χ1) is 9.43. The van der Waals surface area contributed by atoms with E-state index in [9.17, 15) is 22.0 Å². The van der Waals surface area contributed by atoms with Crippen molar-refractivity contribution in [3.8, 4) is 0 Å². The molecule has 2 rings (SSSR count). The van der Waals surface area contributed by atoms with Gasteiger partial charge in [-0.15, -0.1) is 0 Å². The molecule has 1 aromatic rings.